The van der Waals surface area contributed by atoms with Gasteiger partial charge in [0.2, 0.25) is 5.85 Å². The molecule has 144 heavy (non-hydrogen) atoms. The first-order valence-corrected chi connectivity index (χ1v) is 75.2. The first kappa shape index (κ1) is 184. The summed E-state index contributed by atoms with van der Waals surface area (Å²) in [6.07, 6.45) is 2.09. The van der Waals surface area contributed by atoms with Gasteiger partial charge in [-0.25, -0.2) is 14.4 Å². The third-order valence-corrected chi connectivity index (χ3v) is 16.0. The summed E-state index contributed by atoms with van der Waals surface area (Å²) in [5.41, 5.74) is 0. The minimum Gasteiger partial charge on any atom is -0.466 e. The lowest BCUT2D eigenvalue weighted by Gasteiger charge is -2.21. The molecule has 0 aromatic rings. The van der Waals surface area contributed by atoms with E-state index in [9.17, 15) is 97.9 Å². The maximum absolute atomic E-state index is 12.2. The Balaban J connectivity index is -0.0000000771. The first-order chi connectivity index (χ1) is 62.9. The second kappa shape index (κ2) is 104. The number of aliphatic hydroxyl groups excluding tert-OH is 5. The molecule has 8 atom stereocenters. The average Bonchev–Trinajstić information content (AvgIpc) is 0.862. The van der Waals surface area contributed by atoms with Crippen LogP contribution in [-0.2, 0) is 168 Å². The molecular formula is C81H189BrCl2O48P12. The van der Waals surface area contributed by atoms with E-state index < -0.39 is 196 Å². The highest BCUT2D eigenvalue weighted by molar-refractivity contribution is 9.09. The minimum absolute atomic E-state index is 0. The molecule has 8 unspecified atom stereocenters. The topological polar surface area (TPSA) is 740 Å². The van der Waals surface area contributed by atoms with Crippen molar-refractivity contribution in [2.45, 2.75) is 183 Å². The molecule has 12 N–H and O–H groups in total. The van der Waals surface area contributed by atoms with Gasteiger partial charge in [-0.15, -0.1) is 0 Å². The van der Waals surface area contributed by atoms with Crippen molar-refractivity contribution >= 4 is 179 Å². The van der Waals surface area contributed by atoms with Gasteiger partial charge >= 0.3 is 99.3 Å². The van der Waals surface area contributed by atoms with E-state index in [1.807, 2.05) is 27.7 Å². The van der Waals surface area contributed by atoms with Gasteiger partial charge in [0, 0.05) is 65.3 Å². The Hall–Kier alpha value is -1.67. The fourth-order valence-corrected chi connectivity index (χ4v) is 9.12. The number of rotatable bonds is 45. The molecule has 0 aliphatic rings. The predicted octanol–water partition coefficient (Wildman–Crippen LogP) is 16.2. The van der Waals surface area contributed by atoms with Crippen molar-refractivity contribution in [2.75, 3.05) is 258 Å². The summed E-state index contributed by atoms with van der Waals surface area (Å²) in [4.78, 5) is 155. The van der Waals surface area contributed by atoms with Crippen LogP contribution in [0.15, 0.2) is 0 Å². The molecule has 0 aliphatic carbocycles. The molecule has 0 fully saturated rings. The third-order valence-electron chi connectivity index (χ3n) is 11.1. The van der Waals surface area contributed by atoms with Crippen LogP contribution in [0.1, 0.15) is 165 Å². The van der Waals surface area contributed by atoms with Crippen molar-refractivity contribution < 1.29 is 227 Å². The van der Waals surface area contributed by atoms with Crippen LogP contribution in [0.5, 0.6) is 0 Å². The number of alkyl halides is 1. The van der Waals surface area contributed by atoms with E-state index >= 15 is 0 Å². The summed E-state index contributed by atoms with van der Waals surface area (Å²) in [6.45, 7) is 56.3. The number of ether oxygens (including phenoxy) is 9. The molecule has 0 bridgehead atoms. The lowest BCUT2D eigenvalue weighted by molar-refractivity contribution is -0.154. The Kier molecular flexibility index (Phi) is 133. The number of halogens is 3. The summed E-state index contributed by atoms with van der Waals surface area (Å²) in [6, 6.07) is 0. The molecule has 0 aliphatic heterocycles. The number of hydrogen-bond acceptors (Lipinski definition) is 41. The van der Waals surface area contributed by atoms with E-state index in [1.54, 1.807) is 135 Å². The molecule has 0 saturated heterocycles. The van der Waals surface area contributed by atoms with Crippen LogP contribution in [0.4, 0.5) is 0 Å². The molecule has 0 rings (SSSR count). The SMILES string of the molecule is C.C.C.CCCCOC(=O)C(C)O.CCCCOC(=O)C(C)OP(C)(=O)OC(C)C(=O)OCCCC.CCOC(=O)C(C)CBr.CCOC(=O)C(C)COP(C)(=O)OCC(C)C(=O)OCC.CCOC(=O)C(CO)CO.CCOC(=O)C(CO)COP(C)(=O)OCC(CO)C(=O)OCC.CP(=O)(Cl)Cl.CP(=O)(O)O.CP(=O)(O)O.CP(=O)(O)O.CP(C)(=O)O.CP(C)(C)=O.CP(C)(C)=O.CP(C)(C)=O.CP(C)(C)=O. The van der Waals surface area contributed by atoms with E-state index in [1.165, 1.54) is 54.1 Å². The number of unbranched alkanes of at least 4 members (excludes halogenated alkanes) is 3. The van der Waals surface area contributed by atoms with Gasteiger partial charge in [-0.3, -0.25) is 74.3 Å². The zero-order chi connectivity index (χ0) is 116. The highest BCUT2D eigenvalue weighted by Crippen LogP contribution is 2.52. The van der Waals surface area contributed by atoms with E-state index in [2.05, 4.69) is 25.4 Å². The van der Waals surface area contributed by atoms with Crippen LogP contribution in [0, 0.1) is 35.5 Å². The minimum atomic E-state index is -3.64. The average molecular weight is 2450 g/mol. The van der Waals surface area contributed by atoms with Crippen molar-refractivity contribution in [3.63, 3.8) is 0 Å². The summed E-state index contributed by atoms with van der Waals surface area (Å²) in [5, 5.41) is 44.4. The van der Waals surface area contributed by atoms with Crippen LogP contribution < -0.4 is 0 Å². The lowest BCUT2D eigenvalue weighted by atomic mass is 10.2. The fourth-order valence-electron chi connectivity index (χ4n) is 5.44. The van der Waals surface area contributed by atoms with Gasteiger partial charge in [0.15, 0.2) is 19.6 Å². The van der Waals surface area contributed by atoms with Crippen LogP contribution in [0.3, 0.4) is 0 Å². The van der Waals surface area contributed by atoms with Crippen molar-refractivity contribution in [3.05, 3.63) is 0 Å². The van der Waals surface area contributed by atoms with E-state index in [-0.39, 0.29) is 120 Å². The van der Waals surface area contributed by atoms with E-state index in [0.717, 1.165) is 65.2 Å². The smallest absolute Gasteiger partial charge is 0.335 e. The van der Waals surface area contributed by atoms with Gasteiger partial charge in [0.05, 0.1) is 159 Å². The van der Waals surface area contributed by atoms with Crippen molar-refractivity contribution in [1.29, 1.82) is 0 Å². The van der Waals surface area contributed by atoms with Gasteiger partial charge in [0.25, 0.3) is 0 Å². The molecule has 0 saturated carbocycles. The van der Waals surface area contributed by atoms with Gasteiger partial charge in [0.1, 0.15) is 23.9 Å². The zero-order valence-electron chi connectivity index (χ0n) is 89.2. The van der Waals surface area contributed by atoms with Crippen molar-refractivity contribution in [2.24, 2.45) is 35.5 Å². The Morgan fingerprint density at radius 3 is 0.618 bits per heavy atom. The van der Waals surface area contributed by atoms with Crippen LogP contribution in [-0.4, -0.2) is 389 Å². The highest BCUT2D eigenvalue weighted by atomic mass is 79.9. The van der Waals surface area contributed by atoms with Gasteiger partial charge in [-0.1, -0.05) is 85.2 Å². The quantitative estimate of drug-likeness (QED) is 0.00885. The van der Waals surface area contributed by atoms with Crippen molar-refractivity contribution in [1.82, 2.24) is 0 Å². The molecule has 0 spiro atoms. The van der Waals surface area contributed by atoms with E-state index in [0.29, 0.717) is 18.5 Å². The molecule has 0 heterocycles. The Labute approximate surface area is 877 Å². The third kappa shape index (κ3) is 220. The molecule has 63 heteroatoms. The number of hydrogen-bond donors (Lipinski definition) is 12. The molecular weight excluding hydrogens is 2260 g/mol. The number of aliphatic hydroxyl groups is 5. The molecule has 0 amide bonds. The Bertz CT molecular complexity index is 3370. The summed E-state index contributed by atoms with van der Waals surface area (Å²) >= 11 is 12.9. The normalized spacial score (nSPS) is 13.7. The maximum Gasteiger partial charge on any atom is 0.335 e. The molecule has 0 aromatic heterocycles. The highest BCUT2D eigenvalue weighted by Gasteiger charge is 2.33. The van der Waals surface area contributed by atoms with E-state index in [4.69, 9.17) is 143 Å². The predicted molar refractivity (Wildman–Crippen MR) is 577 cm³/mol. The van der Waals surface area contributed by atoms with Crippen LogP contribution in [0.25, 0.3) is 0 Å². The van der Waals surface area contributed by atoms with Crippen molar-refractivity contribution in [3.8, 4) is 0 Å². The summed E-state index contributed by atoms with van der Waals surface area (Å²) in [5.74, 6) is -11.1. The second-order valence-electron chi connectivity index (χ2n) is 32.5. The Morgan fingerprint density at radius 2 is 0.451 bits per heavy atom. The summed E-state index contributed by atoms with van der Waals surface area (Å²) < 4.78 is 198. The molecule has 0 radical (unpaired) electrons. The fraction of sp³-hybridized carbons (Fsp3) is 0.889. The molecule has 0 aromatic carbocycles. The maximum atomic E-state index is 12.2. The molecule has 882 valence electrons. The van der Waals surface area contributed by atoms with Crippen LogP contribution in [0.2, 0.25) is 0 Å². The number of carbonyl (C=O) groups excluding carboxylic acids is 9. The van der Waals surface area contributed by atoms with Crippen LogP contribution >= 0.6 is 126 Å². The second-order valence-corrected chi connectivity index (χ2v) is 67.8. The number of carbonyl (C=O) groups is 9. The number of esters is 9. The largest absolute Gasteiger partial charge is 0.466 e. The monoisotopic (exact) mass is 2450 g/mol. The first-order valence-electron chi connectivity index (χ1n) is 43.2. The standard InChI is InChI=1S/C15H29O7P.C13H25O9P.C13H25O7P.C7H14O3.C6H11BrO2.C6H12O4.4C3H9OP.C2H7O2P.CH3Cl2OP.3CH5O3P.3CH4/c1-6-8-10-19-14(16)12(3)21-23(5,18)22-13(4)15(17)20-11-9-7-2;1-4-19-12(16)10(6-14)8-21-23(3,18)22-9-11(7-15)13(17)20-5-2;1-6-17-12(14)10(3)8-19-21(5,16)20-9-11(4)13(15)18-7-2;1-3-4-5-10-7(9)6(2)8;1-3-9-6(8)5(2)4-7;1-2-10-6(9)5(3-7)4-8;9*1-5(2,3)4;;;/h12-13H,6-11H2,1-5H3;10-11,14-15H,4-9H2,1-3H3;10-11H,6-9H2,1-5H3;6,8H,3-5H2,1-2H3;5H,3-4H2,1-2H3;5,7-8H,2-4H2,1H3;4*1-3H3;1-2H3,(H,3,4);1H3;3*1H3,(H2,2,3,4);3*1H4. The summed E-state index contributed by atoms with van der Waals surface area (Å²) in [7, 11) is -30.6. The Morgan fingerprint density at radius 1 is 0.285 bits per heavy atom. The van der Waals surface area contributed by atoms with Gasteiger partial charge in [-0.2, -0.15) is 0 Å². The zero-order valence-corrected chi connectivity index (χ0v) is 103. The molecule has 48 nitrogen and oxygen atoms in total. The lowest BCUT2D eigenvalue weighted by Crippen LogP contribution is -2.27. The van der Waals surface area contributed by atoms with Gasteiger partial charge < -0.3 is 139 Å². The van der Waals surface area contributed by atoms with Gasteiger partial charge in [-0.05, 0) is 198 Å².